The molecule has 3 amide bonds. The molecule has 130 valence electrons. The number of ether oxygens (including phenoxy) is 2. The van der Waals surface area contributed by atoms with E-state index in [0.717, 1.165) is 0 Å². The smallest absolute Gasteiger partial charge is 0.329 e. The Balaban J connectivity index is 2.82. The number of amides is 3. The number of rotatable bonds is 7. The van der Waals surface area contributed by atoms with Crippen LogP contribution in [0, 0.1) is 0 Å². The molecular formula is C15H20N4O5. The number of hydrogen-bond acceptors (Lipinski definition) is 6. The molecule has 0 saturated heterocycles. The minimum Gasteiger partial charge on any atom is -0.490 e. The number of carbonyl (C=O) groups is 3. The molecule has 1 aromatic rings. The highest BCUT2D eigenvalue weighted by atomic mass is 16.5. The van der Waals surface area contributed by atoms with Crippen molar-refractivity contribution in [2.75, 3.05) is 27.3 Å². The lowest BCUT2D eigenvalue weighted by atomic mass is 10.2. The van der Waals surface area contributed by atoms with Crippen LogP contribution in [0.4, 0.5) is 0 Å². The number of hydrazone groups is 1. The molecule has 1 rings (SSSR count). The summed E-state index contributed by atoms with van der Waals surface area (Å²) in [5, 5.41) is 3.61. The molecular weight excluding hydrogens is 316 g/mol. The Morgan fingerprint density at radius 1 is 1.25 bits per heavy atom. The van der Waals surface area contributed by atoms with Crippen LogP contribution in [0.5, 0.6) is 11.5 Å². The fraction of sp³-hybridized carbons (Fsp3) is 0.333. The average molecular weight is 336 g/mol. The maximum atomic E-state index is 11.6. The first-order chi connectivity index (χ1) is 11.3. The van der Waals surface area contributed by atoms with Gasteiger partial charge < -0.3 is 20.1 Å². The van der Waals surface area contributed by atoms with Crippen molar-refractivity contribution in [2.45, 2.75) is 6.92 Å². The molecule has 0 saturated carbocycles. The van der Waals surface area contributed by atoms with Crippen molar-refractivity contribution in [3.05, 3.63) is 23.8 Å². The lowest BCUT2D eigenvalue weighted by molar-refractivity contribution is -0.137. The van der Waals surface area contributed by atoms with Gasteiger partial charge in [0, 0.05) is 14.1 Å². The van der Waals surface area contributed by atoms with E-state index in [9.17, 15) is 14.4 Å². The molecule has 9 nitrogen and oxygen atoms in total. The van der Waals surface area contributed by atoms with Crippen LogP contribution in [0.3, 0.4) is 0 Å². The van der Waals surface area contributed by atoms with Crippen LogP contribution in [0.25, 0.3) is 0 Å². The minimum atomic E-state index is -1.13. The largest absolute Gasteiger partial charge is 0.490 e. The molecule has 9 heteroatoms. The van der Waals surface area contributed by atoms with Gasteiger partial charge in [-0.15, -0.1) is 0 Å². The molecule has 0 bridgehead atoms. The summed E-state index contributed by atoms with van der Waals surface area (Å²) in [5.74, 6) is -1.49. The highest BCUT2D eigenvalue weighted by molar-refractivity contribution is 6.34. The van der Waals surface area contributed by atoms with Gasteiger partial charge in [0.25, 0.3) is 5.91 Å². The number of nitrogens with two attached hydrogens (primary N) is 1. The van der Waals surface area contributed by atoms with Crippen LogP contribution in [-0.2, 0) is 14.4 Å². The monoisotopic (exact) mass is 336 g/mol. The van der Waals surface area contributed by atoms with Gasteiger partial charge in [-0.1, -0.05) is 0 Å². The molecule has 0 radical (unpaired) electrons. The normalized spacial score (nSPS) is 10.3. The van der Waals surface area contributed by atoms with Crippen molar-refractivity contribution in [3.63, 3.8) is 0 Å². The summed E-state index contributed by atoms with van der Waals surface area (Å²) in [7, 11) is 3.27. The van der Waals surface area contributed by atoms with E-state index in [1.165, 1.54) is 11.1 Å². The zero-order valence-electron chi connectivity index (χ0n) is 13.7. The van der Waals surface area contributed by atoms with Crippen molar-refractivity contribution in [2.24, 2.45) is 10.8 Å². The fourth-order valence-corrected chi connectivity index (χ4v) is 1.48. The predicted octanol–water partition coefficient (Wildman–Crippen LogP) is -0.512. The number of nitrogens with zero attached hydrogens (tertiary/aromatic N) is 2. The average Bonchev–Trinajstić information content (AvgIpc) is 2.53. The summed E-state index contributed by atoms with van der Waals surface area (Å²) < 4.78 is 10.9. The van der Waals surface area contributed by atoms with Gasteiger partial charge >= 0.3 is 11.8 Å². The number of primary amides is 1. The Morgan fingerprint density at radius 3 is 2.54 bits per heavy atom. The van der Waals surface area contributed by atoms with E-state index in [0.29, 0.717) is 23.7 Å². The van der Waals surface area contributed by atoms with Crippen molar-refractivity contribution < 1.29 is 23.9 Å². The number of hydrogen-bond donors (Lipinski definition) is 2. The SMILES string of the molecule is CCOc1cc(C=NNC(=O)C(N)=O)ccc1OCC(=O)N(C)C. The summed E-state index contributed by atoms with van der Waals surface area (Å²) >= 11 is 0. The molecule has 1 aromatic carbocycles. The molecule has 24 heavy (non-hydrogen) atoms. The van der Waals surface area contributed by atoms with Crippen LogP contribution >= 0.6 is 0 Å². The van der Waals surface area contributed by atoms with Crippen LogP contribution in [0.15, 0.2) is 23.3 Å². The Kier molecular flexibility index (Phi) is 7.21. The van der Waals surface area contributed by atoms with Crippen molar-refractivity contribution in [1.29, 1.82) is 0 Å². The number of carbonyl (C=O) groups excluding carboxylic acids is 3. The van der Waals surface area contributed by atoms with E-state index in [1.807, 2.05) is 12.3 Å². The van der Waals surface area contributed by atoms with Crippen LogP contribution in [0.1, 0.15) is 12.5 Å². The first kappa shape index (κ1) is 18.9. The zero-order valence-corrected chi connectivity index (χ0v) is 13.7. The molecule has 3 N–H and O–H groups in total. The fourth-order valence-electron chi connectivity index (χ4n) is 1.48. The Labute approximate surface area is 139 Å². The number of benzene rings is 1. The van der Waals surface area contributed by atoms with E-state index in [1.54, 1.807) is 32.3 Å². The van der Waals surface area contributed by atoms with Crippen molar-refractivity contribution in [3.8, 4) is 11.5 Å². The summed E-state index contributed by atoms with van der Waals surface area (Å²) in [6.45, 7) is 2.09. The van der Waals surface area contributed by atoms with Crippen LogP contribution < -0.4 is 20.6 Å². The second-order valence-electron chi connectivity index (χ2n) is 4.78. The molecule has 0 aliphatic carbocycles. The Morgan fingerprint density at radius 2 is 1.96 bits per heavy atom. The van der Waals surface area contributed by atoms with Crippen LogP contribution in [-0.4, -0.2) is 56.1 Å². The highest BCUT2D eigenvalue weighted by Gasteiger charge is 2.10. The summed E-state index contributed by atoms with van der Waals surface area (Å²) in [4.78, 5) is 34.5. The second kappa shape index (κ2) is 9.13. The maximum Gasteiger partial charge on any atom is 0.329 e. The summed E-state index contributed by atoms with van der Waals surface area (Å²) in [5.41, 5.74) is 7.36. The highest BCUT2D eigenvalue weighted by Crippen LogP contribution is 2.28. The van der Waals surface area contributed by atoms with Gasteiger partial charge in [0.15, 0.2) is 18.1 Å². The topological polar surface area (TPSA) is 123 Å². The van der Waals surface area contributed by atoms with E-state index >= 15 is 0 Å². The van der Waals surface area contributed by atoms with Crippen molar-refractivity contribution >= 4 is 23.9 Å². The van der Waals surface area contributed by atoms with E-state index in [-0.39, 0.29) is 12.5 Å². The standard InChI is InChI=1S/C15H20N4O5/c1-4-23-12-7-10(8-17-18-15(22)14(16)21)5-6-11(12)24-9-13(20)19(2)3/h5-8H,4,9H2,1-3H3,(H2,16,21)(H,18,22). The van der Waals surface area contributed by atoms with Gasteiger partial charge in [0.05, 0.1) is 12.8 Å². The van der Waals surface area contributed by atoms with E-state index in [2.05, 4.69) is 5.10 Å². The molecule has 0 spiro atoms. The van der Waals surface area contributed by atoms with Gasteiger partial charge in [0.2, 0.25) is 0 Å². The lowest BCUT2D eigenvalue weighted by Gasteiger charge is -2.14. The predicted molar refractivity (Wildman–Crippen MR) is 86.7 cm³/mol. The zero-order chi connectivity index (χ0) is 18.1. The van der Waals surface area contributed by atoms with Gasteiger partial charge in [0.1, 0.15) is 0 Å². The number of likely N-dealkylation sites (N-methyl/N-ethyl adjacent to an activating group) is 1. The first-order valence-electron chi connectivity index (χ1n) is 7.07. The molecule has 0 fully saturated rings. The van der Waals surface area contributed by atoms with Gasteiger partial charge in [-0.05, 0) is 30.7 Å². The molecule has 0 unspecified atom stereocenters. The quantitative estimate of drug-likeness (QED) is 0.394. The summed E-state index contributed by atoms with van der Waals surface area (Å²) in [6.07, 6.45) is 1.32. The molecule has 0 aliphatic rings. The lowest BCUT2D eigenvalue weighted by Crippen LogP contribution is -2.32. The second-order valence-corrected chi connectivity index (χ2v) is 4.78. The van der Waals surface area contributed by atoms with Crippen LogP contribution in [0.2, 0.25) is 0 Å². The molecule has 0 aliphatic heterocycles. The van der Waals surface area contributed by atoms with Gasteiger partial charge in [-0.25, -0.2) is 5.43 Å². The molecule has 0 atom stereocenters. The van der Waals surface area contributed by atoms with E-state index < -0.39 is 11.8 Å². The Hall–Kier alpha value is -3.10. The first-order valence-corrected chi connectivity index (χ1v) is 7.07. The maximum absolute atomic E-state index is 11.6. The van der Waals surface area contributed by atoms with Gasteiger partial charge in [-0.3, -0.25) is 14.4 Å². The third kappa shape index (κ3) is 5.95. The Bertz CT molecular complexity index is 643. The summed E-state index contributed by atoms with van der Waals surface area (Å²) in [6, 6.07) is 4.89. The minimum absolute atomic E-state index is 0.116. The number of nitrogens with one attached hydrogen (secondary N) is 1. The molecule has 0 aromatic heterocycles. The van der Waals surface area contributed by atoms with Gasteiger partial charge in [-0.2, -0.15) is 5.10 Å². The van der Waals surface area contributed by atoms with Crippen molar-refractivity contribution in [1.82, 2.24) is 10.3 Å². The third-order valence-electron chi connectivity index (χ3n) is 2.72. The molecule has 0 heterocycles. The van der Waals surface area contributed by atoms with E-state index in [4.69, 9.17) is 15.2 Å². The third-order valence-corrected chi connectivity index (χ3v) is 2.72.